The van der Waals surface area contributed by atoms with Gasteiger partial charge in [0.1, 0.15) is 0 Å². The number of carbonyl (C=O) groups excluding carboxylic acids is 1. The van der Waals surface area contributed by atoms with E-state index < -0.39 is 0 Å². The first-order chi connectivity index (χ1) is 11.5. The maximum atomic E-state index is 11.8. The van der Waals surface area contributed by atoms with Crippen LogP contribution in [0.25, 0.3) is 0 Å². The highest BCUT2D eigenvalue weighted by molar-refractivity contribution is 5.91. The average Bonchev–Trinajstić information content (AvgIpc) is 2.92. The van der Waals surface area contributed by atoms with Gasteiger partial charge in [-0.05, 0) is 92.4 Å². The molecule has 4 aliphatic rings. The Balaban J connectivity index is 1.56. The molecule has 24 heavy (non-hydrogen) atoms. The fraction of sp³-hybridized carbons (Fsp3) is 0.864. The molecule has 0 unspecified atom stereocenters. The normalized spacial score (nSPS) is 45.9. The Labute approximate surface area is 147 Å². The van der Waals surface area contributed by atoms with Crippen LogP contribution in [0.2, 0.25) is 0 Å². The van der Waals surface area contributed by atoms with Gasteiger partial charge >= 0.3 is 0 Å². The zero-order valence-corrected chi connectivity index (χ0v) is 15.5. The van der Waals surface area contributed by atoms with E-state index >= 15 is 0 Å². The summed E-state index contributed by atoms with van der Waals surface area (Å²) in [6.45, 7) is 4.69. The van der Waals surface area contributed by atoms with E-state index in [9.17, 15) is 9.90 Å². The summed E-state index contributed by atoms with van der Waals surface area (Å²) in [5.74, 6) is 4.06. The molecule has 7 atom stereocenters. The van der Waals surface area contributed by atoms with Gasteiger partial charge in [-0.1, -0.05) is 25.8 Å². The molecule has 0 heterocycles. The Bertz CT molecular complexity index is 536. The van der Waals surface area contributed by atoms with E-state index in [0.29, 0.717) is 23.0 Å². The molecule has 0 radical (unpaired) electrons. The lowest BCUT2D eigenvalue weighted by Gasteiger charge is -2.54. The summed E-state index contributed by atoms with van der Waals surface area (Å²) >= 11 is 0. The predicted octanol–water partition coefficient (Wildman–Crippen LogP) is 4.91. The molecule has 134 valence electrons. The third-order valence-corrected chi connectivity index (χ3v) is 8.42. The third-order valence-electron chi connectivity index (χ3n) is 8.42. The maximum Gasteiger partial charge on any atom is 0.155 e. The molecule has 0 bridgehead atoms. The predicted molar refractivity (Wildman–Crippen MR) is 96.5 cm³/mol. The van der Waals surface area contributed by atoms with Crippen LogP contribution in [0.3, 0.4) is 0 Å². The molecule has 4 rings (SSSR count). The van der Waals surface area contributed by atoms with Gasteiger partial charge in [0.05, 0.1) is 6.10 Å². The molecule has 2 heteroatoms. The highest BCUT2D eigenvalue weighted by Crippen LogP contribution is 2.64. The molecule has 3 saturated carbocycles. The van der Waals surface area contributed by atoms with Crippen molar-refractivity contribution in [2.45, 2.75) is 84.2 Å². The Morgan fingerprint density at radius 2 is 2.00 bits per heavy atom. The number of aliphatic hydroxyl groups is 1. The van der Waals surface area contributed by atoms with E-state index in [2.05, 4.69) is 13.8 Å². The minimum atomic E-state index is -0.0899. The Morgan fingerprint density at radius 3 is 2.79 bits per heavy atom. The Hall–Kier alpha value is -0.630. The maximum absolute atomic E-state index is 11.8. The minimum Gasteiger partial charge on any atom is -0.393 e. The van der Waals surface area contributed by atoms with Crippen molar-refractivity contribution in [3.8, 4) is 0 Å². The molecule has 2 nitrogen and oxygen atoms in total. The van der Waals surface area contributed by atoms with Crippen molar-refractivity contribution in [1.29, 1.82) is 0 Å². The summed E-state index contributed by atoms with van der Waals surface area (Å²) in [7, 11) is 0. The average molecular weight is 331 g/mol. The van der Waals surface area contributed by atoms with Gasteiger partial charge in [-0.3, -0.25) is 4.79 Å². The van der Waals surface area contributed by atoms with Crippen molar-refractivity contribution in [1.82, 2.24) is 0 Å². The molecule has 0 saturated heterocycles. The van der Waals surface area contributed by atoms with Crippen LogP contribution in [-0.2, 0) is 4.79 Å². The molecule has 4 aliphatic carbocycles. The van der Waals surface area contributed by atoms with Crippen LogP contribution in [0.1, 0.15) is 78.1 Å². The number of carbonyl (C=O) groups is 1. The highest BCUT2D eigenvalue weighted by Gasteiger charge is 2.57. The van der Waals surface area contributed by atoms with Gasteiger partial charge in [-0.25, -0.2) is 0 Å². The Kier molecular flexibility index (Phi) is 4.39. The van der Waals surface area contributed by atoms with Gasteiger partial charge in [-0.2, -0.15) is 0 Å². The number of fused-ring (bicyclic) bond motifs is 5. The fourth-order valence-corrected chi connectivity index (χ4v) is 7.35. The second-order valence-electron chi connectivity index (χ2n) is 9.39. The lowest BCUT2D eigenvalue weighted by molar-refractivity contribution is -0.116. The summed E-state index contributed by atoms with van der Waals surface area (Å²) in [6, 6.07) is 0. The zero-order chi connectivity index (χ0) is 16.9. The largest absolute Gasteiger partial charge is 0.393 e. The summed E-state index contributed by atoms with van der Waals surface area (Å²) in [6.07, 6.45) is 13.5. The van der Waals surface area contributed by atoms with Crippen molar-refractivity contribution in [2.24, 2.45) is 35.0 Å². The van der Waals surface area contributed by atoms with Crippen LogP contribution in [0, 0.1) is 35.0 Å². The van der Waals surface area contributed by atoms with E-state index in [4.69, 9.17) is 0 Å². The second kappa shape index (κ2) is 6.27. The summed E-state index contributed by atoms with van der Waals surface area (Å²) < 4.78 is 0. The number of aliphatic hydroxyl groups excluding tert-OH is 1. The van der Waals surface area contributed by atoms with Gasteiger partial charge in [-0.15, -0.1) is 0 Å². The van der Waals surface area contributed by atoms with Crippen LogP contribution in [0.15, 0.2) is 11.6 Å². The lowest BCUT2D eigenvalue weighted by Crippen LogP contribution is -2.48. The van der Waals surface area contributed by atoms with Gasteiger partial charge in [0.2, 0.25) is 0 Å². The van der Waals surface area contributed by atoms with E-state index in [1.807, 2.05) is 6.08 Å². The molecule has 0 aromatic heterocycles. The topological polar surface area (TPSA) is 37.3 Å². The number of hydrogen-bond acceptors (Lipinski definition) is 2. The van der Waals surface area contributed by atoms with Gasteiger partial charge in [0.15, 0.2) is 5.78 Å². The molecule has 0 aliphatic heterocycles. The highest BCUT2D eigenvalue weighted by atomic mass is 16.3. The van der Waals surface area contributed by atoms with E-state index in [1.54, 1.807) is 0 Å². The van der Waals surface area contributed by atoms with Gasteiger partial charge in [0.25, 0.3) is 0 Å². The Morgan fingerprint density at radius 1 is 1.17 bits per heavy atom. The third kappa shape index (κ3) is 2.52. The number of rotatable bonds is 3. The van der Waals surface area contributed by atoms with E-state index in [1.165, 1.54) is 37.7 Å². The molecule has 3 fully saturated rings. The smallest absolute Gasteiger partial charge is 0.155 e. The van der Waals surface area contributed by atoms with Gasteiger partial charge < -0.3 is 5.11 Å². The van der Waals surface area contributed by atoms with Crippen LogP contribution in [0.4, 0.5) is 0 Å². The monoisotopic (exact) mass is 330 g/mol. The summed E-state index contributed by atoms with van der Waals surface area (Å²) in [4.78, 5) is 11.8. The molecular weight excluding hydrogens is 296 g/mol. The minimum absolute atomic E-state index is 0.0899. The summed E-state index contributed by atoms with van der Waals surface area (Å²) in [5.41, 5.74) is 1.85. The first kappa shape index (κ1) is 16.8. The van der Waals surface area contributed by atoms with Gasteiger partial charge in [0, 0.05) is 6.42 Å². The van der Waals surface area contributed by atoms with Crippen molar-refractivity contribution in [3.05, 3.63) is 11.6 Å². The first-order valence-corrected chi connectivity index (χ1v) is 10.5. The van der Waals surface area contributed by atoms with Crippen LogP contribution in [0.5, 0.6) is 0 Å². The van der Waals surface area contributed by atoms with Crippen molar-refractivity contribution in [2.75, 3.05) is 0 Å². The molecule has 1 N–H and O–H groups in total. The quantitative estimate of drug-likeness (QED) is 0.798. The lowest BCUT2D eigenvalue weighted by atomic mass is 9.51. The zero-order valence-electron chi connectivity index (χ0n) is 15.5. The van der Waals surface area contributed by atoms with Crippen molar-refractivity contribution < 1.29 is 9.90 Å². The molecular formula is C22H34O2. The number of ketones is 1. The SMILES string of the molecule is CCC[C@H](O)[C@H]1CC[C@@H]2[C@@H]3CCC4=CC(=O)CC[C@@H]4[C@H]3CC[C@@]21C. The molecule has 0 aromatic rings. The van der Waals surface area contributed by atoms with Crippen LogP contribution < -0.4 is 0 Å². The number of allylic oxidation sites excluding steroid dienone is 1. The van der Waals surface area contributed by atoms with E-state index in [-0.39, 0.29) is 6.10 Å². The fourth-order valence-electron chi connectivity index (χ4n) is 7.35. The van der Waals surface area contributed by atoms with Crippen molar-refractivity contribution in [3.63, 3.8) is 0 Å². The summed E-state index contributed by atoms with van der Waals surface area (Å²) in [5, 5.41) is 10.7. The number of hydrogen-bond donors (Lipinski definition) is 1. The molecule has 0 amide bonds. The van der Waals surface area contributed by atoms with E-state index in [0.717, 1.165) is 49.9 Å². The molecule has 0 spiro atoms. The van der Waals surface area contributed by atoms with Crippen LogP contribution >= 0.6 is 0 Å². The second-order valence-corrected chi connectivity index (χ2v) is 9.39. The first-order valence-electron chi connectivity index (χ1n) is 10.5. The standard InChI is InChI=1S/C22H34O2/c1-3-4-21(24)20-10-9-19-18-7-5-14-13-15(23)6-8-16(14)17(18)11-12-22(19,20)2/h13,16-21,24H,3-12H2,1-2H3/t16-,17+,18+,19+,20+,21-,22-/m0/s1. The van der Waals surface area contributed by atoms with Crippen molar-refractivity contribution >= 4 is 5.78 Å². The molecule has 0 aromatic carbocycles. The van der Waals surface area contributed by atoms with Crippen LogP contribution in [-0.4, -0.2) is 17.0 Å².